The van der Waals surface area contributed by atoms with Crippen molar-refractivity contribution in [3.05, 3.63) is 83.5 Å². The van der Waals surface area contributed by atoms with E-state index < -0.39 is 5.97 Å². The minimum absolute atomic E-state index is 0.0523. The number of phenols is 1. The highest BCUT2D eigenvalue weighted by molar-refractivity contribution is 6.13. The molecule has 1 aliphatic carbocycles. The van der Waals surface area contributed by atoms with Gasteiger partial charge in [-0.05, 0) is 66.8 Å². The number of hydrogen-bond acceptors (Lipinski definition) is 4. The highest BCUT2D eigenvalue weighted by Crippen LogP contribution is 2.28. The lowest BCUT2D eigenvalue weighted by atomic mass is 9.87. The molecular weight excluding hydrogens is 340 g/mol. The van der Waals surface area contributed by atoms with Crippen molar-refractivity contribution in [1.82, 2.24) is 0 Å². The van der Waals surface area contributed by atoms with Crippen LogP contribution >= 0.6 is 0 Å². The number of hydrogen-bond donors (Lipinski definition) is 1. The topological polar surface area (TPSA) is 63.6 Å². The van der Waals surface area contributed by atoms with Gasteiger partial charge >= 0.3 is 5.97 Å². The number of benzene rings is 2. The second-order valence-electron chi connectivity index (χ2n) is 6.31. The van der Waals surface area contributed by atoms with Crippen molar-refractivity contribution in [1.29, 1.82) is 0 Å². The molecule has 1 aliphatic rings. The summed E-state index contributed by atoms with van der Waals surface area (Å²) in [5.74, 6) is 0.184. The van der Waals surface area contributed by atoms with Crippen LogP contribution in [0.25, 0.3) is 12.2 Å². The van der Waals surface area contributed by atoms with Crippen LogP contribution in [0.3, 0.4) is 0 Å². The van der Waals surface area contributed by atoms with Crippen LogP contribution in [-0.2, 0) is 9.59 Å². The smallest absolute Gasteiger partial charge is 0.335 e. The molecule has 1 fully saturated rings. The zero-order chi connectivity index (χ0) is 19.2. The van der Waals surface area contributed by atoms with Gasteiger partial charge in [-0.1, -0.05) is 30.8 Å². The number of carbonyl (C=O) groups is 2. The molecule has 1 N–H and O–H groups in total. The van der Waals surface area contributed by atoms with E-state index in [1.807, 2.05) is 24.3 Å². The standard InChI is InChI=1S/C23H20O4/c1-2-22(25)27-21-12-8-17(9-13-21)15-19-5-3-4-18(23(19)26)14-16-6-10-20(24)11-7-16/h2,6-15,24H,1,3-5H2/b18-14-,19-15-. The normalized spacial score (nSPS) is 17.1. The molecule has 0 atom stereocenters. The first-order chi connectivity index (χ1) is 13.0. The molecule has 3 rings (SSSR count). The monoisotopic (exact) mass is 360 g/mol. The Kier molecular flexibility index (Phi) is 5.67. The van der Waals surface area contributed by atoms with Crippen LogP contribution in [0.1, 0.15) is 30.4 Å². The van der Waals surface area contributed by atoms with Crippen molar-refractivity contribution in [2.24, 2.45) is 0 Å². The third-order valence-electron chi connectivity index (χ3n) is 4.32. The van der Waals surface area contributed by atoms with Crippen LogP contribution < -0.4 is 4.74 Å². The largest absolute Gasteiger partial charge is 0.508 e. The minimum Gasteiger partial charge on any atom is -0.508 e. The summed E-state index contributed by atoms with van der Waals surface area (Å²) in [5, 5.41) is 9.37. The molecule has 0 amide bonds. The van der Waals surface area contributed by atoms with Crippen molar-refractivity contribution in [3.8, 4) is 11.5 Å². The summed E-state index contributed by atoms with van der Waals surface area (Å²) in [6.07, 6.45) is 7.26. The van der Waals surface area contributed by atoms with Crippen LogP contribution in [0.4, 0.5) is 0 Å². The number of allylic oxidation sites excluding steroid dienone is 2. The molecule has 0 bridgehead atoms. The van der Waals surface area contributed by atoms with E-state index in [4.69, 9.17) is 4.74 Å². The lowest BCUT2D eigenvalue weighted by molar-refractivity contribution is -0.129. The maximum absolute atomic E-state index is 12.8. The van der Waals surface area contributed by atoms with Crippen molar-refractivity contribution < 1.29 is 19.4 Å². The molecule has 1 saturated carbocycles. The number of ketones is 1. The van der Waals surface area contributed by atoms with Gasteiger partial charge in [0.1, 0.15) is 11.5 Å². The van der Waals surface area contributed by atoms with Gasteiger partial charge in [-0.3, -0.25) is 4.79 Å². The van der Waals surface area contributed by atoms with Gasteiger partial charge in [-0.25, -0.2) is 4.79 Å². The molecule has 4 nitrogen and oxygen atoms in total. The van der Waals surface area contributed by atoms with E-state index in [2.05, 4.69) is 6.58 Å². The molecule has 0 heterocycles. The van der Waals surface area contributed by atoms with E-state index in [1.54, 1.807) is 36.4 Å². The molecule has 136 valence electrons. The summed E-state index contributed by atoms with van der Waals surface area (Å²) >= 11 is 0. The Bertz CT molecular complexity index is 916. The second kappa shape index (κ2) is 8.32. The lowest BCUT2D eigenvalue weighted by Gasteiger charge is -2.16. The molecule has 2 aromatic carbocycles. The van der Waals surface area contributed by atoms with Gasteiger partial charge < -0.3 is 9.84 Å². The lowest BCUT2D eigenvalue weighted by Crippen LogP contribution is -2.12. The Balaban J connectivity index is 1.77. The van der Waals surface area contributed by atoms with Crippen LogP contribution in [0, 0.1) is 0 Å². The predicted molar refractivity (Wildman–Crippen MR) is 105 cm³/mol. The van der Waals surface area contributed by atoms with E-state index in [1.165, 1.54) is 0 Å². The molecule has 0 aromatic heterocycles. The average molecular weight is 360 g/mol. The number of esters is 1. The third-order valence-corrected chi connectivity index (χ3v) is 4.32. The summed E-state index contributed by atoms with van der Waals surface area (Å²) < 4.78 is 5.05. The fraction of sp³-hybridized carbons (Fsp3) is 0.130. The first-order valence-corrected chi connectivity index (χ1v) is 8.74. The maximum atomic E-state index is 12.8. The van der Waals surface area contributed by atoms with Gasteiger partial charge in [0.2, 0.25) is 0 Å². The Morgan fingerprint density at radius 2 is 1.44 bits per heavy atom. The number of rotatable bonds is 4. The van der Waals surface area contributed by atoms with Crippen molar-refractivity contribution in [2.75, 3.05) is 0 Å². The predicted octanol–water partition coefficient (Wildman–Crippen LogP) is 4.70. The quantitative estimate of drug-likeness (QED) is 0.487. The number of ether oxygens (including phenoxy) is 1. The maximum Gasteiger partial charge on any atom is 0.335 e. The van der Waals surface area contributed by atoms with Crippen LogP contribution in [0.2, 0.25) is 0 Å². The Hall–Kier alpha value is -3.40. The first kappa shape index (κ1) is 18.4. The number of carbonyl (C=O) groups excluding carboxylic acids is 2. The molecule has 2 aromatic rings. The van der Waals surface area contributed by atoms with Crippen LogP contribution in [0.5, 0.6) is 11.5 Å². The summed E-state index contributed by atoms with van der Waals surface area (Å²) in [5.41, 5.74) is 3.31. The van der Waals surface area contributed by atoms with Crippen molar-refractivity contribution in [2.45, 2.75) is 19.3 Å². The van der Waals surface area contributed by atoms with Gasteiger partial charge in [0, 0.05) is 17.2 Å². The highest BCUT2D eigenvalue weighted by atomic mass is 16.5. The zero-order valence-electron chi connectivity index (χ0n) is 14.9. The summed E-state index contributed by atoms with van der Waals surface area (Å²) in [6.45, 7) is 3.36. The van der Waals surface area contributed by atoms with Gasteiger partial charge in [-0.2, -0.15) is 0 Å². The molecule has 0 spiro atoms. The fourth-order valence-corrected chi connectivity index (χ4v) is 2.94. The highest BCUT2D eigenvalue weighted by Gasteiger charge is 2.20. The summed E-state index contributed by atoms with van der Waals surface area (Å²) in [4.78, 5) is 24.0. The molecule has 27 heavy (non-hydrogen) atoms. The molecule has 0 unspecified atom stereocenters. The van der Waals surface area contributed by atoms with Crippen molar-refractivity contribution >= 4 is 23.9 Å². The molecule has 0 aliphatic heterocycles. The first-order valence-electron chi connectivity index (χ1n) is 8.74. The summed E-state index contributed by atoms with van der Waals surface area (Å²) in [6, 6.07) is 13.8. The number of aromatic hydroxyl groups is 1. The average Bonchev–Trinajstić information content (AvgIpc) is 2.68. The van der Waals surface area contributed by atoms with Crippen LogP contribution in [0.15, 0.2) is 72.3 Å². The van der Waals surface area contributed by atoms with Gasteiger partial charge in [0.25, 0.3) is 0 Å². The van der Waals surface area contributed by atoms with Gasteiger partial charge in [0.05, 0.1) is 0 Å². The van der Waals surface area contributed by atoms with E-state index >= 15 is 0 Å². The van der Waals surface area contributed by atoms with E-state index in [-0.39, 0.29) is 11.5 Å². The fourth-order valence-electron chi connectivity index (χ4n) is 2.94. The van der Waals surface area contributed by atoms with Gasteiger partial charge in [-0.15, -0.1) is 0 Å². The minimum atomic E-state index is -0.507. The molecule has 0 radical (unpaired) electrons. The summed E-state index contributed by atoms with van der Waals surface area (Å²) in [7, 11) is 0. The second-order valence-corrected chi connectivity index (χ2v) is 6.31. The van der Waals surface area contributed by atoms with Crippen molar-refractivity contribution in [3.63, 3.8) is 0 Å². The van der Waals surface area contributed by atoms with E-state index in [0.717, 1.165) is 47.6 Å². The Labute approximate surface area is 158 Å². The zero-order valence-corrected chi connectivity index (χ0v) is 14.9. The van der Waals surface area contributed by atoms with E-state index in [0.29, 0.717) is 5.75 Å². The van der Waals surface area contributed by atoms with Gasteiger partial charge in [0.15, 0.2) is 5.78 Å². The third kappa shape index (κ3) is 4.82. The van der Waals surface area contributed by atoms with Crippen LogP contribution in [-0.4, -0.2) is 16.9 Å². The SMILES string of the molecule is C=CC(=O)Oc1ccc(/C=C2/CCC/C(=C/c3ccc(O)cc3)C2=O)cc1. The Morgan fingerprint density at radius 3 is 1.96 bits per heavy atom. The number of phenolic OH excluding ortho intramolecular Hbond substituents is 1. The molecule has 4 heteroatoms. The van der Waals surface area contributed by atoms with E-state index in [9.17, 15) is 14.7 Å². The molecule has 0 saturated heterocycles. The molecular formula is C23H20O4. The Morgan fingerprint density at radius 1 is 0.926 bits per heavy atom. The number of Topliss-reactive ketones (excluding diaryl/α,β-unsaturated/α-hetero) is 1.